The second-order valence-corrected chi connectivity index (χ2v) is 9.19. The molecule has 0 unspecified atom stereocenters. The molecule has 0 atom stereocenters. The van der Waals surface area contributed by atoms with Gasteiger partial charge in [0.05, 0.1) is 35.9 Å². The lowest BCUT2D eigenvalue weighted by atomic mass is 10.0. The Morgan fingerprint density at radius 3 is 2.68 bits per heavy atom. The zero-order valence-electron chi connectivity index (χ0n) is 19.9. The quantitative estimate of drug-likeness (QED) is 0.521. The van der Waals surface area contributed by atoms with Crippen molar-refractivity contribution >= 4 is 29.1 Å². The van der Waals surface area contributed by atoms with Gasteiger partial charge in [-0.1, -0.05) is 11.6 Å². The van der Waals surface area contributed by atoms with E-state index in [9.17, 15) is 4.79 Å². The molecule has 180 valence electrons. The lowest BCUT2D eigenvalue weighted by molar-refractivity contribution is 0.0916. The Hall–Kier alpha value is -3.17. The van der Waals surface area contributed by atoms with Gasteiger partial charge in [-0.05, 0) is 65.0 Å². The normalized spacial score (nSPS) is 14.9. The average Bonchev–Trinajstić information content (AvgIpc) is 3.32. The molecule has 34 heavy (non-hydrogen) atoms. The first-order valence-electron chi connectivity index (χ1n) is 11.4. The molecule has 2 N–H and O–H groups in total. The number of carbonyl (C=O) groups excluding carboxylic acids is 1. The monoisotopic (exact) mass is 483 g/mol. The summed E-state index contributed by atoms with van der Waals surface area (Å²) >= 11 is 6.36. The van der Waals surface area contributed by atoms with Crippen LogP contribution in [0, 0.1) is 0 Å². The van der Waals surface area contributed by atoms with E-state index in [1.807, 2.05) is 10.9 Å². The van der Waals surface area contributed by atoms with Gasteiger partial charge >= 0.3 is 0 Å². The maximum absolute atomic E-state index is 12.8. The molecule has 3 heterocycles. The van der Waals surface area contributed by atoms with Crippen LogP contribution in [0.15, 0.2) is 36.8 Å². The first-order valence-corrected chi connectivity index (χ1v) is 11.7. The number of benzene rings is 1. The van der Waals surface area contributed by atoms with Crippen LogP contribution in [-0.2, 0) is 0 Å². The highest BCUT2D eigenvalue weighted by Crippen LogP contribution is 2.31. The summed E-state index contributed by atoms with van der Waals surface area (Å²) in [4.78, 5) is 23.9. The molecule has 0 bridgehead atoms. The summed E-state index contributed by atoms with van der Waals surface area (Å²) in [5, 5.41) is 11.1. The van der Waals surface area contributed by atoms with Crippen LogP contribution in [0.2, 0.25) is 5.02 Å². The van der Waals surface area contributed by atoms with Gasteiger partial charge in [0.15, 0.2) is 0 Å². The number of rotatable bonds is 7. The number of hydrogen-bond acceptors (Lipinski definition) is 7. The first kappa shape index (κ1) is 24.0. The Labute approximate surface area is 204 Å². The van der Waals surface area contributed by atoms with Crippen LogP contribution >= 0.6 is 11.6 Å². The second-order valence-electron chi connectivity index (χ2n) is 8.78. The van der Waals surface area contributed by atoms with E-state index in [4.69, 9.17) is 16.3 Å². The molecule has 1 fully saturated rings. The van der Waals surface area contributed by atoms with E-state index in [0.29, 0.717) is 33.7 Å². The fourth-order valence-corrected chi connectivity index (χ4v) is 4.05. The van der Waals surface area contributed by atoms with Crippen LogP contribution in [0.5, 0.6) is 5.75 Å². The number of aromatic nitrogens is 4. The van der Waals surface area contributed by atoms with Crippen LogP contribution in [0.1, 0.15) is 43.1 Å². The van der Waals surface area contributed by atoms with Crippen molar-refractivity contribution in [1.82, 2.24) is 30.0 Å². The summed E-state index contributed by atoms with van der Waals surface area (Å²) in [5.74, 6) is 0.772. The molecule has 0 saturated carbocycles. The van der Waals surface area contributed by atoms with E-state index in [0.717, 1.165) is 31.5 Å². The van der Waals surface area contributed by atoms with Crippen LogP contribution in [0.3, 0.4) is 0 Å². The molecule has 2 aromatic heterocycles. The lowest BCUT2D eigenvalue weighted by Gasteiger charge is -2.29. The molecule has 9 nitrogen and oxygen atoms in total. The predicted octanol–water partition coefficient (Wildman–Crippen LogP) is 4.15. The number of ether oxygens (including phenoxy) is 1. The molecule has 1 amide bonds. The summed E-state index contributed by atoms with van der Waals surface area (Å²) < 4.78 is 7.38. The van der Waals surface area contributed by atoms with Crippen molar-refractivity contribution in [2.75, 3.05) is 32.6 Å². The summed E-state index contributed by atoms with van der Waals surface area (Å²) in [6, 6.07) is 5.69. The molecule has 0 aliphatic carbocycles. The van der Waals surface area contributed by atoms with Crippen LogP contribution in [0.25, 0.3) is 11.3 Å². The Morgan fingerprint density at radius 2 is 2.00 bits per heavy atom. The number of carbonyl (C=O) groups is 1. The third-order valence-corrected chi connectivity index (χ3v) is 6.19. The first-order chi connectivity index (χ1) is 16.3. The summed E-state index contributed by atoms with van der Waals surface area (Å²) in [6.07, 6.45) is 7.09. The van der Waals surface area contributed by atoms with Crippen molar-refractivity contribution in [3.05, 3.63) is 47.4 Å². The molecule has 4 rings (SSSR count). The fourth-order valence-electron chi connectivity index (χ4n) is 3.85. The predicted molar refractivity (Wildman–Crippen MR) is 133 cm³/mol. The average molecular weight is 484 g/mol. The number of nitrogens with one attached hydrogen (secondary N) is 2. The minimum Gasteiger partial charge on any atom is -0.495 e. The van der Waals surface area contributed by atoms with Gasteiger partial charge in [0.1, 0.15) is 5.75 Å². The Kier molecular flexibility index (Phi) is 7.33. The number of methoxy groups -OCH3 is 1. The number of amides is 1. The fraction of sp³-hybridized carbons (Fsp3) is 0.417. The maximum Gasteiger partial charge on any atom is 0.251 e. The van der Waals surface area contributed by atoms with E-state index in [1.54, 1.807) is 37.7 Å². The van der Waals surface area contributed by atoms with Gasteiger partial charge in [0, 0.05) is 29.4 Å². The molecule has 3 aromatic rings. The second kappa shape index (κ2) is 10.4. The van der Waals surface area contributed by atoms with E-state index in [-0.39, 0.29) is 18.0 Å². The molecule has 1 aromatic carbocycles. The number of nitrogens with zero attached hydrogens (tertiary/aromatic N) is 5. The number of likely N-dealkylation sites (tertiary alicyclic amines) is 1. The Morgan fingerprint density at radius 1 is 1.24 bits per heavy atom. The van der Waals surface area contributed by atoms with Gasteiger partial charge in [-0.15, -0.1) is 0 Å². The molecule has 10 heteroatoms. The van der Waals surface area contributed by atoms with Crippen LogP contribution < -0.4 is 15.4 Å². The Balaban J connectivity index is 1.51. The van der Waals surface area contributed by atoms with Gasteiger partial charge in [-0.25, -0.2) is 9.97 Å². The lowest BCUT2D eigenvalue weighted by Crippen LogP contribution is -2.43. The SMILES string of the molecule is COc1cc(C(=O)NC2CCN(C)CC2)ccc1Nc1ncc(Cl)c(-c2cnn(C(C)C)c2)n1. The maximum atomic E-state index is 12.8. The van der Waals surface area contributed by atoms with Gasteiger partial charge in [-0.3, -0.25) is 9.48 Å². The van der Waals surface area contributed by atoms with Crippen molar-refractivity contribution in [3.8, 4) is 17.0 Å². The minimum absolute atomic E-state index is 0.105. The molecular weight excluding hydrogens is 454 g/mol. The Bertz CT molecular complexity index is 1160. The van der Waals surface area contributed by atoms with Gasteiger partial charge < -0.3 is 20.3 Å². The van der Waals surface area contributed by atoms with Crippen LogP contribution in [-0.4, -0.2) is 63.8 Å². The molecule has 0 spiro atoms. The number of hydrogen-bond donors (Lipinski definition) is 2. The van der Waals surface area contributed by atoms with E-state index < -0.39 is 0 Å². The van der Waals surface area contributed by atoms with Crippen molar-refractivity contribution in [1.29, 1.82) is 0 Å². The zero-order chi connectivity index (χ0) is 24.2. The number of anilines is 2. The van der Waals surface area contributed by atoms with Crippen molar-refractivity contribution in [3.63, 3.8) is 0 Å². The molecule has 0 radical (unpaired) electrons. The topological polar surface area (TPSA) is 97.2 Å². The smallest absolute Gasteiger partial charge is 0.251 e. The number of halogens is 1. The third-order valence-electron chi connectivity index (χ3n) is 5.91. The highest BCUT2D eigenvalue weighted by Gasteiger charge is 2.20. The van der Waals surface area contributed by atoms with Crippen molar-refractivity contribution in [2.24, 2.45) is 0 Å². The molecule has 1 aliphatic heterocycles. The summed E-state index contributed by atoms with van der Waals surface area (Å²) in [6.45, 7) is 6.07. The highest BCUT2D eigenvalue weighted by molar-refractivity contribution is 6.32. The highest BCUT2D eigenvalue weighted by atomic mass is 35.5. The zero-order valence-corrected chi connectivity index (χ0v) is 20.6. The van der Waals surface area contributed by atoms with Crippen molar-refractivity contribution < 1.29 is 9.53 Å². The van der Waals surface area contributed by atoms with Gasteiger partial charge in [0.2, 0.25) is 5.95 Å². The molecule has 1 aliphatic rings. The van der Waals surface area contributed by atoms with Gasteiger partial charge in [0.25, 0.3) is 5.91 Å². The number of piperidine rings is 1. The summed E-state index contributed by atoms with van der Waals surface area (Å²) in [7, 11) is 3.66. The van der Waals surface area contributed by atoms with E-state index >= 15 is 0 Å². The molecular formula is C24H30ClN7O2. The minimum atomic E-state index is -0.105. The van der Waals surface area contributed by atoms with Crippen molar-refractivity contribution in [2.45, 2.75) is 38.8 Å². The molecule has 1 saturated heterocycles. The van der Waals surface area contributed by atoms with E-state index in [2.05, 4.69) is 51.5 Å². The van der Waals surface area contributed by atoms with E-state index in [1.165, 1.54) is 0 Å². The van der Waals surface area contributed by atoms with Gasteiger partial charge in [-0.2, -0.15) is 5.10 Å². The standard InChI is InChI=1S/C24H30ClN7O2/c1-15(2)32-14-17(12-27-32)22-19(25)13-26-24(30-22)29-20-6-5-16(11-21(20)34-4)23(33)28-18-7-9-31(3)10-8-18/h5-6,11-15,18H,7-10H2,1-4H3,(H,28,33)(H,26,29,30). The van der Waals surface area contributed by atoms with Crippen LogP contribution in [0.4, 0.5) is 11.6 Å². The third kappa shape index (κ3) is 5.48. The summed E-state index contributed by atoms with van der Waals surface area (Å²) in [5.41, 5.74) is 2.57. The largest absolute Gasteiger partial charge is 0.495 e.